The molecule has 0 unspecified atom stereocenters. The van der Waals surface area contributed by atoms with Crippen molar-refractivity contribution in [1.29, 1.82) is 0 Å². The van der Waals surface area contributed by atoms with Gasteiger partial charge in [0.05, 0.1) is 0 Å². The zero-order chi connectivity index (χ0) is 19.2. The minimum absolute atomic E-state index is 0. The maximum absolute atomic E-state index is 9.76. The summed E-state index contributed by atoms with van der Waals surface area (Å²) in [7, 11) is 0. The molecule has 1 radical (unpaired) electrons. The van der Waals surface area contributed by atoms with E-state index in [1.54, 1.807) is 0 Å². The Morgan fingerprint density at radius 1 is 0.520 bits per heavy atom. The summed E-state index contributed by atoms with van der Waals surface area (Å²) >= 11 is 0. The van der Waals surface area contributed by atoms with Gasteiger partial charge >= 0.3 is 40.8 Å². The predicted molar refractivity (Wildman–Crippen MR) is 87.4 cm³/mol. The molecule has 0 saturated carbocycles. The van der Waals surface area contributed by atoms with Crippen molar-refractivity contribution in [3.63, 3.8) is 0 Å². The first-order valence-electron chi connectivity index (χ1n) is 8.91. The quantitative estimate of drug-likeness (QED) is 0.376. The first-order valence-corrected chi connectivity index (χ1v) is 8.91. The van der Waals surface area contributed by atoms with Gasteiger partial charge in [0.15, 0.2) is 0 Å². The van der Waals surface area contributed by atoms with Gasteiger partial charge in [0.1, 0.15) is 0 Å². The Hall–Kier alpha value is -0.239. The second kappa shape index (κ2) is 28.6. The van der Waals surface area contributed by atoms with E-state index < -0.39 is 17.9 Å². The normalized spacial score (nSPS) is 8.76. The van der Waals surface area contributed by atoms with Gasteiger partial charge in [-0.25, -0.2) is 0 Å². The molecule has 145 valence electrons. The summed E-state index contributed by atoms with van der Waals surface area (Å²) in [6.07, 6.45) is 9.11. The van der Waals surface area contributed by atoms with Crippen LogP contribution >= 0.6 is 0 Å². The zero-order valence-electron chi connectivity index (χ0n) is 15.9. The molecular formula is C18H33NdO6. The molecule has 0 aliphatic heterocycles. The predicted octanol–water partition coefficient (Wildman–Crippen LogP) is 0.950. The number of unbranched alkanes of at least 4 members (excludes halogenated alkanes) is 6. The molecule has 7 heteroatoms. The van der Waals surface area contributed by atoms with Crippen molar-refractivity contribution in [2.45, 2.75) is 97.8 Å². The van der Waals surface area contributed by atoms with Crippen LogP contribution in [0.25, 0.3) is 0 Å². The van der Waals surface area contributed by atoms with Crippen molar-refractivity contribution >= 4 is 17.9 Å². The Morgan fingerprint density at radius 2 is 0.720 bits per heavy atom. The van der Waals surface area contributed by atoms with E-state index in [1.807, 2.05) is 20.8 Å². The Bertz CT molecular complexity index is 260. The summed E-state index contributed by atoms with van der Waals surface area (Å²) in [5, 5.41) is 29.3. The number of rotatable bonds is 12. The van der Waals surface area contributed by atoms with Crippen molar-refractivity contribution in [3.8, 4) is 0 Å². The van der Waals surface area contributed by atoms with E-state index in [9.17, 15) is 29.7 Å². The topological polar surface area (TPSA) is 120 Å². The molecule has 25 heavy (non-hydrogen) atoms. The van der Waals surface area contributed by atoms with E-state index in [-0.39, 0.29) is 60.1 Å². The number of carboxylic acid groups (broad SMARTS) is 3. The molecule has 0 aromatic carbocycles. The molecule has 0 aromatic rings. The summed E-state index contributed by atoms with van der Waals surface area (Å²) in [4.78, 5) is 29.3. The number of carbonyl (C=O) groups excluding carboxylic acids is 3. The average Bonchev–Trinajstić information content (AvgIpc) is 2.48. The second-order valence-corrected chi connectivity index (χ2v) is 5.49. The fourth-order valence-electron chi connectivity index (χ4n) is 1.56. The standard InChI is InChI=1S/3C6H12O2.Nd/c3*1-2-3-4-5-6(7)8;/h3*2-5H2,1H3,(H,7,8);/q;;;+3/p-3. The maximum Gasteiger partial charge on any atom is 3.00 e. The van der Waals surface area contributed by atoms with E-state index in [0.717, 1.165) is 57.8 Å². The van der Waals surface area contributed by atoms with Crippen LogP contribution in [0, 0.1) is 40.8 Å². The largest absolute Gasteiger partial charge is 3.00 e. The number of aliphatic carboxylic acids is 3. The maximum atomic E-state index is 9.76. The fourth-order valence-corrected chi connectivity index (χ4v) is 1.56. The molecule has 0 N–H and O–H groups in total. The Morgan fingerprint density at radius 3 is 0.840 bits per heavy atom. The molecule has 0 fully saturated rings. The molecule has 0 amide bonds. The number of carboxylic acids is 3. The Kier molecular flexibility index (Phi) is 37.1. The average molecular weight is 490 g/mol. The van der Waals surface area contributed by atoms with Gasteiger partial charge in [-0.15, -0.1) is 0 Å². The van der Waals surface area contributed by atoms with E-state index in [2.05, 4.69) is 0 Å². The molecule has 0 rings (SSSR count). The molecule has 0 saturated heterocycles. The van der Waals surface area contributed by atoms with Gasteiger partial charge in [0.2, 0.25) is 0 Å². The summed E-state index contributed by atoms with van der Waals surface area (Å²) in [6.45, 7) is 6.11. The van der Waals surface area contributed by atoms with Crippen molar-refractivity contribution in [2.75, 3.05) is 0 Å². The van der Waals surface area contributed by atoms with Crippen LogP contribution < -0.4 is 15.3 Å². The molecule has 0 bridgehead atoms. The minimum atomic E-state index is -0.932. The van der Waals surface area contributed by atoms with Crippen LogP contribution in [-0.4, -0.2) is 17.9 Å². The number of hydrogen-bond acceptors (Lipinski definition) is 6. The van der Waals surface area contributed by atoms with Crippen LogP contribution in [-0.2, 0) is 14.4 Å². The minimum Gasteiger partial charge on any atom is -0.550 e. The molecule has 0 aromatic heterocycles. The van der Waals surface area contributed by atoms with Crippen LogP contribution in [0.3, 0.4) is 0 Å². The van der Waals surface area contributed by atoms with Gasteiger partial charge in [-0.2, -0.15) is 0 Å². The van der Waals surface area contributed by atoms with Gasteiger partial charge in [0, 0.05) is 17.9 Å². The smallest absolute Gasteiger partial charge is 0.550 e. The Balaban J connectivity index is -0.000000130. The summed E-state index contributed by atoms with van der Waals surface area (Å²) < 4.78 is 0. The molecule has 0 aliphatic carbocycles. The van der Waals surface area contributed by atoms with Gasteiger partial charge in [-0.1, -0.05) is 59.3 Å². The molecule has 0 heterocycles. The monoisotopic (exact) mass is 487 g/mol. The van der Waals surface area contributed by atoms with Crippen LogP contribution in [0.5, 0.6) is 0 Å². The number of hydrogen-bond donors (Lipinski definition) is 0. The third kappa shape index (κ3) is 51.6. The third-order valence-corrected chi connectivity index (χ3v) is 2.95. The van der Waals surface area contributed by atoms with Crippen molar-refractivity contribution in [3.05, 3.63) is 0 Å². The van der Waals surface area contributed by atoms with E-state index in [0.29, 0.717) is 0 Å². The number of carbonyl (C=O) groups is 3. The third-order valence-electron chi connectivity index (χ3n) is 2.95. The van der Waals surface area contributed by atoms with Crippen molar-refractivity contribution in [2.24, 2.45) is 0 Å². The van der Waals surface area contributed by atoms with Crippen molar-refractivity contribution < 1.29 is 70.5 Å². The fraction of sp³-hybridized carbons (Fsp3) is 0.833. The summed E-state index contributed by atoms with van der Waals surface area (Å²) in [5.74, 6) is -2.80. The van der Waals surface area contributed by atoms with E-state index in [1.165, 1.54) is 0 Å². The van der Waals surface area contributed by atoms with Crippen LogP contribution in [0.1, 0.15) is 97.8 Å². The molecule has 0 atom stereocenters. The molecule has 6 nitrogen and oxygen atoms in total. The van der Waals surface area contributed by atoms with Crippen LogP contribution in [0.2, 0.25) is 0 Å². The molecular weight excluding hydrogens is 456 g/mol. The first-order chi connectivity index (χ1) is 11.3. The zero-order valence-corrected chi connectivity index (χ0v) is 19.1. The van der Waals surface area contributed by atoms with Gasteiger partial charge in [-0.3, -0.25) is 0 Å². The van der Waals surface area contributed by atoms with Gasteiger partial charge in [-0.05, 0) is 38.5 Å². The molecule has 0 aliphatic rings. The Labute approximate surface area is 185 Å². The van der Waals surface area contributed by atoms with Crippen LogP contribution in [0.4, 0.5) is 0 Å². The first kappa shape index (κ1) is 32.4. The van der Waals surface area contributed by atoms with Crippen LogP contribution in [0.15, 0.2) is 0 Å². The van der Waals surface area contributed by atoms with Crippen molar-refractivity contribution in [1.82, 2.24) is 0 Å². The van der Waals surface area contributed by atoms with Gasteiger partial charge in [0.25, 0.3) is 0 Å². The van der Waals surface area contributed by atoms with E-state index >= 15 is 0 Å². The van der Waals surface area contributed by atoms with E-state index in [4.69, 9.17) is 0 Å². The second-order valence-electron chi connectivity index (χ2n) is 5.49. The molecule has 0 spiro atoms. The summed E-state index contributed by atoms with van der Waals surface area (Å²) in [5.41, 5.74) is 0. The summed E-state index contributed by atoms with van der Waals surface area (Å²) in [6, 6.07) is 0. The van der Waals surface area contributed by atoms with Gasteiger partial charge < -0.3 is 29.7 Å². The SMILES string of the molecule is CCCCCC(=O)[O-].CCCCCC(=O)[O-].CCCCCC(=O)[O-].[Nd+3].